The Hall–Kier alpha value is -2.15. The maximum atomic E-state index is 5.58. The fourth-order valence-corrected chi connectivity index (χ4v) is 3.36. The standard InChI is InChI=1S/C21H27N3O2S/c1-16-6-8-17(9-7-16)20(15-24-10-12-26-13-11-24)23-21(27)22-18-4-3-5-19(14-18)25-2/h3-9,14,20H,10-13,15H2,1-2H3,(H2,22,23,27)/t20-/m0/s1. The number of anilines is 1. The van der Waals surface area contributed by atoms with Gasteiger partial charge >= 0.3 is 0 Å². The molecule has 2 N–H and O–H groups in total. The number of morpholine rings is 1. The minimum absolute atomic E-state index is 0.106. The number of thiocarbonyl (C=S) groups is 1. The third-order valence-corrected chi connectivity index (χ3v) is 4.88. The number of nitrogens with one attached hydrogen (secondary N) is 2. The number of methoxy groups -OCH3 is 1. The Bertz CT molecular complexity index is 745. The molecule has 2 aromatic rings. The molecule has 1 aliphatic rings. The van der Waals surface area contributed by atoms with Crippen molar-refractivity contribution in [1.29, 1.82) is 0 Å². The van der Waals surface area contributed by atoms with Crippen LogP contribution in [0.2, 0.25) is 0 Å². The molecule has 2 aromatic carbocycles. The van der Waals surface area contributed by atoms with Gasteiger partial charge in [0.2, 0.25) is 0 Å². The van der Waals surface area contributed by atoms with E-state index in [0.717, 1.165) is 44.3 Å². The normalized spacial score (nSPS) is 15.8. The first-order valence-electron chi connectivity index (χ1n) is 9.22. The van der Waals surface area contributed by atoms with E-state index in [1.807, 2.05) is 24.3 Å². The van der Waals surface area contributed by atoms with Crippen molar-refractivity contribution in [2.45, 2.75) is 13.0 Å². The summed E-state index contributed by atoms with van der Waals surface area (Å²) in [6, 6.07) is 16.5. The van der Waals surface area contributed by atoms with Gasteiger partial charge in [-0.2, -0.15) is 0 Å². The maximum Gasteiger partial charge on any atom is 0.171 e. The lowest BCUT2D eigenvalue weighted by atomic mass is 10.0. The molecule has 5 nitrogen and oxygen atoms in total. The minimum atomic E-state index is 0.106. The molecule has 0 spiro atoms. The Morgan fingerprint density at radius 2 is 1.93 bits per heavy atom. The van der Waals surface area contributed by atoms with Gasteiger partial charge in [-0.15, -0.1) is 0 Å². The van der Waals surface area contributed by atoms with Crippen molar-refractivity contribution in [3.63, 3.8) is 0 Å². The first kappa shape index (κ1) is 19.6. The molecule has 0 radical (unpaired) electrons. The molecule has 0 aliphatic carbocycles. The molecule has 1 atom stereocenters. The van der Waals surface area contributed by atoms with Crippen LogP contribution in [0.25, 0.3) is 0 Å². The number of nitrogens with zero attached hydrogens (tertiary/aromatic N) is 1. The first-order valence-corrected chi connectivity index (χ1v) is 9.63. The highest BCUT2D eigenvalue weighted by Gasteiger charge is 2.19. The van der Waals surface area contributed by atoms with Gasteiger partial charge in [0.15, 0.2) is 5.11 Å². The van der Waals surface area contributed by atoms with Gasteiger partial charge in [-0.25, -0.2) is 0 Å². The molecular formula is C21H27N3O2S. The molecule has 3 rings (SSSR count). The SMILES string of the molecule is COc1cccc(NC(=S)N[C@@H](CN2CCOCC2)c2ccc(C)cc2)c1. The Labute approximate surface area is 166 Å². The van der Waals surface area contributed by atoms with Crippen molar-refractivity contribution >= 4 is 23.0 Å². The van der Waals surface area contributed by atoms with E-state index in [2.05, 4.69) is 46.7 Å². The number of aryl methyl sites for hydroxylation is 1. The average Bonchev–Trinajstić information content (AvgIpc) is 2.69. The molecule has 0 saturated carbocycles. The zero-order chi connectivity index (χ0) is 19.1. The third-order valence-electron chi connectivity index (χ3n) is 4.66. The van der Waals surface area contributed by atoms with E-state index < -0.39 is 0 Å². The van der Waals surface area contributed by atoms with Crippen LogP contribution in [0.15, 0.2) is 48.5 Å². The number of hydrogen-bond acceptors (Lipinski definition) is 4. The number of ether oxygens (including phenoxy) is 2. The zero-order valence-corrected chi connectivity index (χ0v) is 16.7. The quantitative estimate of drug-likeness (QED) is 0.744. The topological polar surface area (TPSA) is 45.8 Å². The van der Waals surface area contributed by atoms with Crippen LogP contribution < -0.4 is 15.4 Å². The van der Waals surface area contributed by atoms with Gasteiger partial charge in [-0.3, -0.25) is 4.90 Å². The van der Waals surface area contributed by atoms with Crippen molar-refractivity contribution in [2.75, 3.05) is 45.3 Å². The Morgan fingerprint density at radius 1 is 1.19 bits per heavy atom. The molecule has 1 heterocycles. The molecule has 0 aromatic heterocycles. The smallest absolute Gasteiger partial charge is 0.171 e. The van der Waals surface area contributed by atoms with Gasteiger partial charge in [0.25, 0.3) is 0 Å². The van der Waals surface area contributed by atoms with E-state index in [9.17, 15) is 0 Å². The summed E-state index contributed by atoms with van der Waals surface area (Å²) in [4.78, 5) is 2.41. The summed E-state index contributed by atoms with van der Waals surface area (Å²) < 4.78 is 10.7. The number of hydrogen-bond donors (Lipinski definition) is 2. The fourth-order valence-electron chi connectivity index (χ4n) is 3.10. The second-order valence-corrected chi connectivity index (χ2v) is 7.11. The zero-order valence-electron chi connectivity index (χ0n) is 15.9. The molecule has 144 valence electrons. The molecule has 1 aliphatic heterocycles. The summed E-state index contributed by atoms with van der Waals surface area (Å²) in [7, 11) is 1.66. The van der Waals surface area contributed by atoms with Crippen molar-refractivity contribution < 1.29 is 9.47 Å². The molecular weight excluding hydrogens is 358 g/mol. The fraction of sp³-hybridized carbons (Fsp3) is 0.381. The lowest BCUT2D eigenvalue weighted by molar-refractivity contribution is 0.0344. The molecule has 1 fully saturated rings. The molecule has 0 amide bonds. The second-order valence-electron chi connectivity index (χ2n) is 6.71. The molecule has 0 bridgehead atoms. The van der Waals surface area contributed by atoms with Crippen molar-refractivity contribution in [3.05, 3.63) is 59.7 Å². The molecule has 6 heteroatoms. The average molecular weight is 386 g/mol. The van der Waals surface area contributed by atoms with E-state index in [4.69, 9.17) is 21.7 Å². The van der Waals surface area contributed by atoms with Crippen LogP contribution in [0.4, 0.5) is 5.69 Å². The van der Waals surface area contributed by atoms with Gasteiger partial charge in [-0.1, -0.05) is 35.9 Å². The van der Waals surface area contributed by atoms with Crippen LogP contribution in [-0.4, -0.2) is 50.0 Å². The minimum Gasteiger partial charge on any atom is -0.497 e. The molecule has 0 unspecified atom stereocenters. The van der Waals surface area contributed by atoms with E-state index in [-0.39, 0.29) is 6.04 Å². The number of benzene rings is 2. The van der Waals surface area contributed by atoms with Crippen LogP contribution >= 0.6 is 12.2 Å². The summed E-state index contributed by atoms with van der Waals surface area (Å²) in [6.07, 6.45) is 0. The highest BCUT2D eigenvalue weighted by Crippen LogP contribution is 2.19. The largest absolute Gasteiger partial charge is 0.497 e. The van der Waals surface area contributed by atoms with Crippen molar-refractivity contribution in [1.82, 2.24) is 10.2 Å². The Balaban J connectivity index is 1.69. The second kappa shape index (κ2) is 9.69. The van der Waals surface area contributed by atoms with E-state index in [0.29, 0.717) is 5.11 Å². The predicted octanol–water partition coefficient (Wildman–Crippen LogP) is 3.36. The Morgan fingerprint density at radius 3 is 2.63 bits per heavy atom. The summed E-state index contributed by atoms with van der Waals surface area (Å²) in [5.74, 6) is 0.797. The van der Waals surface area contributed by atoms with E-state index in [1.54, 1.807) is 7.11 Å². The van der Waals surface area contributed by atoms with Gasteiger partial charge in [-0.05, 0) is 36.8 Å². The van der Waals surface area contributed by atoms with Crippen LogP contribution in [0.1, 0.15) is 17.2 Å². The molecule has 1 saturated heterocycles. The number of rotatable bonds is 6. The van der Waals surface area contributed by atoms with Gasteiger partial charge in [0, 0.05) is 31.4 Å². The lowest BCUT2D eigenvalue weighted by Gasteiger charge is -2.31. The summed E-state index contributed by atoms with van der Waals surface area (Å²) in [6.45, 7) is 6.44. The van der Waals surface area contributed by atoms with Gasteiger partial charge in [0.1, 0.15) is 5.75 Å². The maximum absolute atomic E-state index is 5.58. The highest BCUT2D eigenvalue weighted by atomic mass is 32.1. The van der Waals surface area contributed by atoms with E-state index >= 15 is 0 Å². The first-order chi connectivity index (χ1) is 13.1. The van der Waals surface area contributed by atoms with Crippen LogP contribution in [0.3, 0.4) is 0 Å². The third kappa shape index (κ3) is 5.92. The van der Waals surface area contributed by atoms with Crippen molar-refractivity contribution in [3.8, 4) is 5.75 Å². The van der Waals surface area contributed by atoms with Crippen molar-refractivity contribution in [2.24, 2.45) is 0 Å². The van der Waals surface area contributed by atoms with E-state index in [1.165, 1.54) is 11.1 Å². The highest BCUT2D eigenvalue weighted by molar-refractivity contribution is 7.80. The summed E-state index contributed by atoms with van der Waals surface area (Å²) in [5, 5.41) is 7.34. The summed E-state index contributed by atoms with van der Waals surface area (Å²) >= 11 is 5.58. The summed E-state index contributed by atoms with van der Waals surface area (Å²) in [5.41, 5.74) is 3.38. The van der Waals surface area contributed by atoms with Crippen LogP contribution in [0, 0.1) is 6.92 Å². The van der Waals surface area contributed by atoms with Crippen LogP contribution in [-0.2, 0) is 4.74 Å². The monoisotopic (exact) mass is 385 g/mol. The molecule has 27 heavy (non-hydrogen) atoms. The van der Waals surface area contributed by atoms with Gasteiger partial charge < -0.3 is 20.1 Å². The van der Waals surface area contributed by atoms with Crippen LogP contribution in [0.5, 0.6) is 5.75 Å². The van der Waals surface area contributed by atoms with Gasteiger partial charge in [0.05, 0.1) is 26.4 Å². The Kier molecular flexibility index (Phi) is 7.04. The lowest BCUT2D eigenvalue weighted by Crippen LogP contribution is -2.44. The predicted molar refractivity (Wildman–Crippen MR) is 114 cm³/mol.